The number of phenols is 1. The van der Waals surface area contributed by atoms with Crippen LogP contribution in [0.15, 0.2) is 18.3 Å². The first-order chi connectivity index (χ1) is 11.7. The number of carbonyl (C=O) groups is 1. The lowest BCUT2D eigenvalue weighted by molar-refractivity contribution is -0.384. The molecule has 0 atom stereocenters. The van der Waals surface area contributed by atoms with Crippen LogP contribution in [0, 0.1) is 10.1 Å². The summed E-state index contributed by atoms with van der Waals surface area (Å²) in [5.74, 6) is -1.07. The number of carbonyl (C=O) groups excluding carboxylic acids is 1. The Kier molecular flexibility index (Phi) is 5.77. The third-order valence-corrected chi connectivity index (χ3v) is 3.81. The average molecular weight is 404 g/mol. The number of halogens is 2. The van der Waals surface area contributed by atoms with E-state index in [1.54, 1.807) is 6.92 Å². The highest BCUT2D eigenvalue weighted by molar-refractivity contribution is 7.80. The predicted molar refractivity (Wildman–Crippen MR) is 96.4 cm³/mol. The van der Waals surface area contributed by atoms with Gasteiger partial charge in [-0.25, -0.2) is 0 Å². The monoisotopic (exact) mass is 403 g/mol. The highest BCUT2D eigenvalue weighted by atomic mass is 35.5. The molecule has 9 nitrogen and oxygen atoms in total. The normalized spacial score (nSPS) is 10.4. The third kappa shape index (κ3) is 4.16. The SMILES string of the molecule is CCn1ncc(Cl)c1C(=O)NC(=S)Nc1cc([N+](=O)[O-])cc(Cl)c1O. The fourth-order valence-corrected chi connectivity index (χ4v) is 2.57. The maximum Gasteiger partial charge on any atom is 0.277 e. The van der Waals surface area contributed by atoms with Crippen molar-refractivity contribution in [1.82, 2.24) is 15.1 Å². The van der Waals surface area contributed by atoms with Crippen molar-refractivity contribution in [2.45, 2.75) is 13.5 Å². The maximum absolute atomic E-state index is 12.3. The molecule has 0 fully saturated rings. The zero-order valence-electron chi connectivity index (χ0n) is 12.6. The number of nitro benzene ring substituents is 1. The number of hydrogen-bond acceptors (Lipinski definition) is 6. The highest BCUT2D eigenvalue weighted by Crippen LogP contribution is 2.35. The standard InChI is InChI=1S/C13H11Cl2N5O4S/c1-2-19-10(8(15)5-16-19)12(22)18-13(25)17-9-4-6(20(23)24)3-7(14)11(9)21/h3-5,21H,2H2,1H3,(H2,17,18,22,25). The van der Waals surface area contributed by atoms with Crippen LogP contribution in [0.3, 0.4) is 0 Å². The molecule has 132 valence electrons. The van der Waals surface area contributed by atoms with E-state index >= 15 is 0 Å². The molecule has 0 radical (unpaired) electrons. The summed E-state index contributed by atoms with van der Waals surface area (Å²) in [7, 11) is 0. The van der Waals surface area contributed by atoms with Crippen molar-refractivity contribution in [2.75, 3.05) is 5.32 Å². The quantitative estimate of drug-likeness (QED) is 0.310. The molecule has 2 rings (SSSR count). The second-order valence-corrected chi connectivity index (χ2v) is 5.87. The Balaban J connectivity index is 2.19. The number of rotatable bonds is 4. The second-order valence-electron chi connectivity index (χ2n) is 4.65. The lowest BCUT2D eigenvalue weighted by Crippen LogP contribution is -2.35. The average Bonchev–Trinajstić information content (AvgIpc) is 2.92. The van der Waals surface area contributed by atoms with Crippen molar-refractivity contribution in [3.8, 4) is 5.75 Å². The molecular weight excluding hydrogens is 393 g/mol. The summed E-state index contributed by atoms with van der Waals surface area (Å²) in [4.78, 5) is 22.4. The van der Waals surface area contributed by atoms with Crippen LogP contribution in [0.5, 0.6) is 5.75 Å². The van der Waals surface area contributed by atoms with E-state index in [1.165, 1.54) is 10.9 Å². The fraction of sp³-hybridized carbons (Fsp3) is 0.154. The van der Waals surface area contributed by atoms with Gasteiger partial charge in [-0.3, -0.25) is 24.9 Å². The minimum atomic E-state index is -0.683. The van der Waals surface area contributed by atoms with Crippen molar-refractivity contribution in [3.05, 3.63) is 44.2 Å². The van der Waals surface area contributed by atoms with E-state index in [2.05, 4.69) is 15.7 Å². The van der Waals surface area contributed by atoms with Gasteiger partial charge in [0.05, 0.1) is 26.9 Å². The lowest BCUT2D eigenvalue weighted by atomic mass is 10.2. The molecule has 2 aromatic rings. The van der Waals surface area contributed by atoms with Gasteiger partial charge in [0.1, 0.15) is 5.69 Å². The van der Waals surface area contributed by atoms with Gasteiger partial charge in [-0.05, 0) is 19.1 Å². The van der Waals surface area contributed by atoms with Crippen LogP contribution < -0.4 is 10.6 Å². The Labute approximate surface area is 156 Å². The van der Waals surface area contributed by atoms with Crippen LogP contribution >= 0.6 is 35.4 Å². The second kappa shape index (κ2) is 7.64. The molecule has 12 heteroatoms. The molecule has 25 heavy (non-hydrogen) atoms. The number of anilines is 1. The van der Waals surface area contributed by atoms with Crippen LogP contribution in [-0.4, -0.2) is 30.8 Å². The van der Waals surface area contributed by atoms with Crippen LogP contribution in [0.2, 0.25) is 10.0 Å². The summed E-state index contributed by atoms with van der Waals surface area (Å²) in [5.41, 5.74) is -0.374. The molecule has 0 aliphatic heterocycles. The van der Waals surface area contributed by atoms with E-state index < -0.39 is 16.6 Å². The van der Waals surface area contributed by atoms with Gasteiger partial charge in [-0.1, -0.05) is 23.2 Å². The molecule has 0 aliphatic rings. The highest BCUT2D eigenvalue weighted by Gasteiger charge is 2.20. The number of nitrogens with one attached hydrogen (secondary N) is 2. The molecule has 3 N–H and O–H groups in total. The number of thiocarbonyl (C=S) groups is 1. The first-order valence-electron chi connectivity index (χ1n) is 6.75. The Hall–Kier alpha value is -2.43. The van der Waals surface area contributed by atoms with Crippen molar-refractivity contribution in [3.63, 3.8) is 0 Å². The van der Waals surface area contributed by atoms with Crippen LogP contribution in [0.25, 0.3) is 0 Å². The summed E-state index contributed by atoms with van der Waals surface area (Å²) in [6.45, 7) is 2.19. The number of hydrogen-bond donors (Lipinski definition) is 3. The van der Waals surface area contributed by atoms with Gasteiger partial charge in [-0.15, -0.1) is 0 Å². The molecule has 1 heterocycles. The fourth-order valence-electron chi connectivity index (χ4n) is 1.93. The molecule has 0 bridgehead atoms. The number of nitrogens with zero attached hydrogens (tertiary/aromatic N) is 3. The topological polar surface area (TPSA) is 122 Å². The molecule has 1 amide bonds. The molecule has 0 unspecified atom stereocenters. The van der Waals surface area contributed by atoms with Crippen molar-refractivity contribution in [1.29, 1.82) is 0 Å². The van der Waals surface area contributed by atoms with Crippen molar-refractivity contribution in [2.24, 2.45) is 0 Å². The minimum absolute atomic E-state index is 0.106. The number of benzene rings is 1. The summed E-state index contributed by atoms with van der Waals surface area (Å²) < 4.78 is 1.38. The minimum Gasteiger partial charge on any atom is -0.504 e. The Morgan fingerprint density at radius 3 is 2.72 bits per heavy atom. The van der Waals surface area contributed by atoms with E-state index in [1.807, 2.05) is 0 Å². The molecule has 1 aromatic heterocycles. The first-order valence-corrected chi connectivity index (χ1v) is 7.91. The van der Waals surface area contributed by atoms with Crippen molar-refractivity contribution >= 4 is 57.8 Å². The number of aryl methyl sites for hydroxylation is 1. The van der Waals surface area contributed by atoms with Gasteiger partial charge in [0.15, 0.2) is 10.9 Å². The Morgan fingerprint density at radius 2 is 2.12 bits per heavy atom. The summed E-state index contributed by atoms with van der Waals surface area (Å²) in [5, 5.41) is 29.2. The number of non-ortho nitro benzene ring substituents is 1. The van der Waals surface area contributed by atoms with Gasteiger partial charge in [0, 0.05) is 18.7 Å². The van der Waals surface area contributed by atoms with Crippen molar-refractivity contribution < 1.29 is 14.8 Å². The number of phenolic OH excluding ortho intramolecular Hbond substituents is 1. The first kappa shape index (κ1) is 18.9. The smallest absolute Gasteiger partial charge is 0.277 e. The largest absolute Gasteiger partial charge is 0.504 e. The van der Waals surface area contributed by atoms with E-state index in [0.717, 1.165) is 12.1 Å². The number of aromatic hydroxyl groups is 1. The lowest BCUT2D eigenvalue weighted by Gasteiger charge is -2.12. The zero-order valence-corrected chi connectivity index (χ0v) is 14.9. The summed E-state index contributed by atoms with van der Waals surface area (Å²) >= 11 is 16.6. The van der Waals surface area contributed by atoms with E-state index in [0.29, 0.717) is 6.54 Å². The van der Waals surface area contributed by atoms with Crippen LogP contribution in [0.4, 0.5) is 11.4 Å². The van der Waals surface area contributed by atoms with E-state index in [4.69, 9.17) is 35.4 Å². The molecule has 0 aliphatic carbocycles. The zero-order chi connectivity index (χ0) is 18.7. The maximum atomic E-state index is 12.3. The van der Waals surface area contributed by atoms with Gasteiger partial charge in [0.25, 0.3) is 11.6 Å². The molecule has 0 saturated carbocycles. The molecule has 0 saturated heterocycles. The number of aromatic nitrogens is 2. The third-order valence-electron chi connectivity index (χ3n) is 3.04. The Bertz CT molecular complexity index is 870. The number of amides is 1. The Morgan fingerprint density at radius 1 is 1.44 bits per heavy atom. The van der Waals surface area contributed by atoms with Crippen LogP contribution in [-0.2, 0) is 6.54 Å². The van der Waals surface area contributed by atoms with Crippen LogP contribution in [0.1, 0.15) is 17.4 Å². The van der Waals surface area contributed by atoms with E-state index in [-0.39, 0.29) is 32.2 Å². The molecular formula is C13H11Cl2N5O4S. The van der Waals surface area contributed by atoms with Gasteiger partial charge in [-0.2, -0.15) is 5.10 Å². The van der Waals surface area contributed by atoms with E-state index in [9.17, 15) is 20.0 Å². The van der Waals surface area contributed by atoms with Gasteiger partial charge in [0.2, 0.25) is 0 Å². The summed E-state index contributed by atoms with van der Waals surface area (Å²) in [6.07, 6.45) is 1.32. The van der Waals surface area contributed by atoms with Gasteiger partial charge >= 0.3 is 0 Å². The predicted octanol–water partition coefficient (Wildman–Crippen LogP) is 2.95. The molecule has 0 spiro atoms. The molecule has 1 aromatic carbocycles. The number of nitro groups is 1. The van der Waals surface area contributed by atoms with Gasteiger partial charge < -0.3 is 10.4 Å². The summed E-state index contributed by atoms with van der Waals surface area (Å²) in [6, 6.07) is 2.02.